The van der Waals surface area contributed by atoms with E-state index < -0.39 is 0 Å². The predicted octanol–water partition coefficient (Wildman–Crippen LogP) is 3.63. The fourth-order valence-corrected chi connectivity index (χ4v) is 3.87. The minimum absolute atomic E-state index is 0.0140. The van der Waals surface area contributed by atoms with Crippen molar-refractivity contribution in [2.45, 2.75) is 13.8 Å². The van der Waals surface area contributed by atoms with E-state index >= 15 is 0 Å². The lowest BCUT2D eigenvalue weighted by Gasteiger charge is -2.10. The summed E-state index contributed by atoms with van der Waals surface area (Å²) in [5.74, 6) is 0.816. The highest BCUT2D eigenvalue weighted by atomic mass is 32.2. The second-order valence-electron chi connectivity index (χ2n) is 5.84. The number of aryl methyl sites for hydroxylation is 1. The molecule has 1 amide bonds. The molecule has 1 saturated heterocycles. The quantitative estimate of drug-likeness (QED) is 0.790. The zero-order valence-electron chi connectivity index (χ0n) is 15.0. The van der Waals surface area contributed by atoms with Crippen LogP contribution < -0.4 is 4.74 Å². The van der Waals surface area contributed by atoms with Crippen molar-refractivity contribution in [3.63, 3.8) is 0 Å². The number of carbonyl (C=O) groups is 1. The summed E-state index contributed by atoms with van der Waals surface area (Å²) in [4.78, 5) is 18.8. The molecule has 1 aliphatic heterocycles. The predicted molar refractivity (Wildman–Crippen MR) is 103 cm³/mol. The minimum Gasteiger partial charge on any atom is -0.497 e. The van der Waals surface area contributed by atoms with Crippen LogP contribution in [-0.4, -0.2) is 41.7 Å². The summed E-state index contributed by atoms with van der Waals surface area (Å²) in [5.41, 5.74) is 4.31. The third kappa shape index (κ3) is 3.09. The molecule has 0 saturated carbocycles. The summed E-state index contributed by atoms with van der Waals surface area (Å²) >= 11 is 1.41. The first-order valence-corrected chi connectivity index (χ1v) is 8.75. The number of ether oxygens (including phenoxy) is 1. The lowest BCUT2D eigenvalue weighted by molar-refractivity contribution is -0.121. The van der Waals surface area contributed by atoms with Gasteiger partial charge in [0.1, 0.15) is 5.75 Å². The zero-order valence-corrected chi connectivity index (χ0v) is 15.8. The topological polar surface area (TPSA) is 46.8 Å². The molecule has 5 nitrogen and oxygen atoms in total. The van der Waals surface area contributed by atoms with Gasteiger partial charge in [0.25, 0.3) is 5.91 Å². The molecule has 0 bridgehead atoms. The molecule has 25 heavy (non-hydrogen) atoms. The van der Waals surface area contributed by atoms with Crippen LogP contribution in [0.25, 0.3) is 11.8 Å². The van der Waals surface area contributed by atoms with Crippen molar-refractivity contribution in [3.8, 4) is 11.4 Å². The third-order valence-electron chi connectivity index (χ3n) is 4.28. The number of thioether (sulfide) groups is 1. The molecule has 0 spiro atoms. The van der Waals surface area contributed by atoms with Gasteiger partial charge >= 0.3 is 0 Å². The van der Waals surface area contributed by atoms with E-state index in [2.05, 4.69) is 29.5 Å². The molecule has 2 aromatic rings. The van der Waals surface area contributed by atoms with Crippen molar-refractivity contribution in [2.75, 3.05) is 21.2 Å². The number of nitrogens with zero attached hydrogens (tertiary/aromatic N) is 3. The number of aliphatic imine (C=N–C) groups is 1. The first-order chi connectivity index (χ1) is 12.0. The summed E-state index contributed by atoms with van der Waals surface area (Å²) in [6, 6.07) is 10.0. The molecule has 0 aliphatic carbocycles. The van der Waals surface area contributed by atoms with Crippen molar-refractivity contribution in [2.24, 2.45) is 4.99 Å². The van der Waals surface area contributed by atoms with E-state index in [0.717, 1.165) is 33.6 Å². The van der Waals surface area contributed by atoms with Gasteiger partial charge in [0.2, 0.25) is 0 Å². The van der Waals surface area contributed by atoms with Crippen LogP contribution in [0.15, 0.2) is 40.2 Å². The smallest absolute Gasteiger partial charge is 0.266 e. The van der Waals surface area contributed by atoms with Gasteiger partial charge in [-0.1, -0.05) is 0 Å². The minimum atomic E-state index is -0.0140. The molecule has 6 heteroatoms. The van der Waals surface area contributed by atoms with Crippen LogP contribution in [0.3, 0.4) is 0 Å². The van der Waals surface area contributed by atoms with E-state index in [0.29, 0.717) is 4.91 Å². The molecule has 2 heterocycles. The van der Waals surface area contributed by atoms with E-state index in [1.54, 1.807) is 26.1 Å². The average molecular weight is 355 g/mol. The highest BCUT2D eigenvalue weighted by Crippen LogP contribution is 2.33. The summed E-state index contributed by atoms with van der Waals surface area (Å²) in [5, 5.41) is 0.722. The molecule has 1 aromatic carbocycles. The number of benzene rings is 1. The SMILES string of the molecule is CN=C1S/C(=C/c2cc(C)n(-c3ccc(OC)cc3)c2C)C(=O)N1C. The summed E-state index contributed by atoms with van der Waals surface area (Å²) in [6.45, 7) is 4.13. The van der Waals surface area contributed by atoms with Crippen molar-refractivity contribution in [1.82, 2.24) is 9.47 Å². The number of rotatable bonds is 3. The van der Waals surface area contributed by atoms with Gasteiger partial charge in [0.05, 0.1) is 12.0 Å². The summed E-state index contributed by atoms with van der Waals surface area (Å²) in [7, 11) is 5.11. The molecule has 0 N–H and O–H groups in total. The Labute approximate surface area is 152 Å². The lowest BCUT2D eigenvalue weighted by atomic mass is 10.2. The van der Waals surface area contributed by atoms with Crippen LogP contribution in [0.1, 0.15) is 17.0 Å². The Bertz CT molecular complexity index is 879. The first kappa shape index (κ1) is 17.4. The van der Waals surface area contributed by atoms with Crippen LogP contribution in [-0.2, 0) is 4.79 Å². The fraction of sp³-hybridized carbons (Fsp3) is 0.263. The van der Waals surface area contributed by atoms with Gasteiger partial charge in [-0.2, -0.15) is 0 Å². The van der Waals surface area contributed by atoms with Gasteiger partial charge in [0, 0.05) is 31.2 Å². The maximum Gasteiger partial charge on any atom is 0.266 e. The summed E-state index contributed by atoms with van der Waals surface area (Å²) in [6.07, 6.45) is 1.95. The van der Waals surface area contributed by atoms with Crippen LogP contribution in [0, 0.1) is 13.8 Å². The summed E-state index contributed by atoms with van der Waals surface area (Å²) < 4.78 is 7.40. The Morgan fingerprint density at radius 2 is 1.88 bits per heavy atom. The Hall–Kier alpha value is -2.47. The second kappa shape index (κ2) is 6.80. The van der Waals surface area contributed by atoms with E-state index in [4.69, 9.17) is 4.74 Å². The Balaban J connectivity index is 2.00. The monoisotopic (exact) mass is 355 g/mol. The average Bonchev–Trinajstić information content (AvgIpc) is 3.05. The Kier molecular flexibility index (Phi) is 4.72. The molecule has 130 valence electrons. The number of aromatic nitrogens is 1. The molecular weight excluding hydrogens is 334 g/mol. The van der Waals surface area contributed by atoms with Crippen molar-refractivity contribution in [3.05, 3.63) is 52.2 Å². The maximum absolute atomic E-state index is 12.4. The van der Waals surface area contributed by atoms with Crippen molar-refractivity contribution < 1.29 is 9.53 Å². The third-order valence-corrected chi connectivity index (χ3v) is 5.43. The molecule has 0 unspecified atom stereocenters. The first-order valence-electron chi connectivity index (χ1n) is 7.94. The zero-order chi connectivity index (χ0) is 18.1. The molecule has 3 rings (SSSR count). The van der Waals surface area contributed by atoms with Gasteiger partial charge in [-0.25, -0.2) is 0 Å². The molecule has 0 atom stereocenters. The van der Waals surface area contributed by atoms with Crippen LogP contribution in [0.2, 0.25) is 0 Å². The number of hydrogen-bond acceptors (Lipinski definition) is 4. The van der Waals surface area contributed by atoms with Crippen LogP contribution in [0.5, 0.6) is 5.75 Å². The lowest BCUT2D eigenvalue weighted by Crippen LogP contribution is -2.23. The Morgan fingerprint density at radius 1 is 1.20 bits per heavy atom. The highest BCUT2D eigenvalue weighted by molar-refractivity contribution is 8.18. The molecule has 1 fully saturated rings. The number of carbonyl (C=O) groups excluding carboxylic acids is 1. The molecular formula is C19H21N3O2S. The molecule has 1 aromatic heterocycles. The van der Waals surface area contributed by atoms with E-state index in [9.17, 15) is 4.79 Å². The van der Waals surface area contributed by atoms with Crippen LogP contribution >= 0.6 is 11.8 Å². The number of amidine groups is 1. The second-order valence-corrected chi connectivity index (χ2v) is 6.85. The van der Waals surface area contributed by atoms with E-state index in [-0.39, 0.29) is 5.91 Å². The van der Waals surface area contributed by atoms with Crippen LogP contribution in [0.4, 0.5) is 0 Å². The highest BCUT2D eigenvalue weighted by Gasteiger charge is 2.30. The van der Waals surface area contributed by atoms with Crippen molar-refractivity contribution in [1.29, 1.82) is 0 Å². The van der Waals surface area contributed by atoms with Crippen molar-refractivity contribution >= 4 is 28.9 Å². The van der Waals surface area contributed by atoms with E-state index in [1.165, 1.54) is 11.8 Å². The largest absolute Gasteiger partial charge is 0.497 e. The molecule has 0 radical (unpaired) electrons. The fourth-order valence-electron chi connectivity index (χ4n) is 2.95. The Morgan fingerprint density at radius 3 is 2.44 bits per heavy atom. The van der Waals surface area contributed by atoms with Gasteiger partial charge < -0.3 is 9.30 Å². The van der Waals surface area contributed by atoms with Gasteiger partial charge in [-0.3, -0.25) is 14.7 Å². The van der Waals surface area contributed by atoms with Gasteiger partial charge in [0.15, 0.2) is 5.17 Å². The standard InChI is InChI=1S/C19H21N3O2S/c1-12-10-14(11-17-18(23)21(4)19(20-3)25-17)13(2)22(12)15-6-8-16(24-5)9-7-15/h6-11H,1-5H3/b17-11+,20-19?. The number of methoxy groups -OCH3 is 1. The van der Waals surface area contributed by atoms with E-state index in [1.807, 2.05) is 30.3 Å². The normalized spacial score (nSPS) is 17.8. The number of likely N-dealkylation sites (N-methyl/N-ethyl adjacent to an activating group) is 1. The number of hydrogen-bond donors (Lipinski definition) is 0. The molecule has 1 aliphatic rings. The maximum atomic E-state index is 12.4. The number of amides is 1. The van der Waals surface area contributed by atoms with Gasteiger partial charge in [-0.05, 0) is 67.6 Å². The van der Waals surface area contributed by atoms with Gasteiger partial charge in [-0.15, -0.1) is 0 Å².